The molecule has 0 N–H and O–H groups in total. The first-order valence-electron chi connectivity index (χ1n) is 23.5. The Labute approximate surface area is 406 Å². The summed E-state index contributed by atoms with van der Waals surface area (Å²) in [7, 11) is 0. The SMILES string of the molecule is Cc1ccccc1N(c1ccc(-c2nc(-c3ccc(N(c4ccccc4C)c4ccccc4C)cc3)nc(-c3ccc(N(c4ccccc4C)c4ccccc4C)cc3)n2)cc1)c1ccccc1C. The minimum Gasteiger partial charge on any atom is -0.310 e. The summed E-state index contributed by atoms with van der Waals surface area (Å²) < 4.78 is 0. The molecule has 0 fully saturated rings. The molecule has 0 saturated heterocycles. The van der Waals surface area contributed by atoms with E-state index in [9.17, 15) is 0 Å². The second-order valence-corrected chi connectivity index (χ2v) is 17.7. The number of aryl methyl sites for hydroxylation is 6. The second kappa shape index (κ2) is 19.3. The van der Waals surface area contributed by atoms with Crippen molar-refractivity contribution in [2.45, 2.75) is 41.5 Å². The number of benzene rings is 9. The van der Waals surface area contributed by atoms with Crippen LogP contribution in [-0.2, 0) is 0 Å². The lowest BCUT2D eigenvalue weighted by Crippen LogP contribution is -2.12. The smallest absolute Gasteiger partial charge is 0.164 e. The van der Waals surface area contributed by atoms with Crippen molar-refractivity contribution in [2.24, 2.45) is 0 Å². The Morgan fingerprint density at radius 2 is 0.391 bits per heavy atom. The van der Waals surface area contributed by atoms with E-state index in [1.54, 1.807) is 0 Å². The van der Waals surface area contributed by atoms with Crippen LogP contribution >= 0.6 is 0 Å². The molecule has 0 radical (unpaired) electrons. The number of nitrogens with zero attached hydrogens (tertiary/aromatic N) is 6. The Morgan fingerprint density at radius 3 is 0.565 bits per heavy atom. The van der Waals surface area contributed by atoms with Gasteiger partial charge in [0.15, 0.2) is 17.5 Å². The van der Waals surface area contributed by atoms with E-state index in [1.165, 1.54) is 33.4 Å². The molecule has 9 aromatic carbocycles. The highest BCUT2D eigenvalue weighted by molar-refractivity contribution is 5.84. The molecule has 0 bridgehead atoms. The van der Waals surface area contributed by atoms with Gasteiger partial charge in [-0.1, -0.05) is 109 Å². The fraction of sp³-hybridized carbons (Fsp3) is 0.0952. The van der Waals surface area contributed by atoms with Crippen LogP contribution in [0.5, 0.6) is 0 Å². The van der Waals surface area contributed by atoms with Crippen molar-refractivity contribution < 1.29 is 0 Å². The molecule has 6 nitrogen and oxygen atoms in total. The lowest BCUT2D eigenvalue weighted by molar-refractivity contribution is 1.07. The average Bonchev–Trinajstić information content (AvgIpc) is 3.38. The molecule has 0 amide bonds. The maximum atomic E-state index is 5.22. The first-order valence-corrected chi connectivity index (χ1v) is 23.5. The average molecular weight is 895 g/mol. The third kappa shape index (κ3) is 9.00. The summed E-state index contributed by atoms with van der Waals surface area (Å²) in [5.41, 5.74) is 19.7. The van der Waals surface area contributed by atoms with Crippen LogP contribution in [0.1, 0.15) is 33.4 Å². The number of hydrogen-bond acceptors (Lipinski definition) is 6. The Balaban J connectivity index is 1.08. The van der Waals surface area contributed by atoms with Crippen molar-refractivity contribution in [1.29, 1.82) is 0 Å². The Kier molecular flexibility index (Phi) is 12.4. The van der Waals surface area contributed by atoms with Gasteiger partial charge in [0.2, 0.25) is 0 Å². The molecule has 69 heavy (non-hydrogen) atoms. The first-order chi connectivity index (χ1) is 33.7. The maximum absolute atomic E-state index is 5.22. The highest BCUT2D eigenvalue weighted by Gasteiger charge is 2.21. The van der Waals surface area contributed by atoms with E-state index in [-0.39, 0.29) is 0 Å². The van der Waals surface area contributed by atoms with E-state index in [2.05, 4.69) is 275 Å². The van der Waals surface area contributed by atoms with Crippen molar-refractivity contribution in [1.82, 2.24) is 15.0 Å². The van der Waals surface area contributed by atoms with Crippen LogP contribution < -0.4 is 14.7 Å². The Hall–Kier alpha value is -8.61. The van der Waals surface area contributed by atoms with Gasteiger partial charge < -0.3 is 14.7 Å². The van der Waals surface area contributed by atoms with Crippen LogP contribution in [0, 0.1) is 41.5 Å². The number of aromatic nitrogens is 3. The summed E-state index contributed by atoms with van der Waals surface area (Å²) in [6.45, 7) is 13.0. The van der Waals surface area contributed by atoms with E-state index < -0.39 is 0 Å². The zero-order chi connectivity index (χ0) is 47.4. The van der Waals surface area contributed by atoms with Crippen molar-refractivity contribution >= 4 is 51.2 Å². The molecule has 0 unspecified atom stereocenters. The quantitative estimate of drug-likeness (QED) is 0.122. The van der Waals surface area contributed by atoms with Crippen molar-refractivity contribution in [2.75, 3.05) is 14.7 Å². The Bertz CT molecular complexity index is 2900. The molecule has 10 rings (SSSR count). The third-order valence-corrected chi connectivity index (χ3v) is 12.9. The van der Waals surface area contributed by atoms with Crippen LogP contribution in [-0.4, -0.2) is 15.0 Å². The zero-order valence-corrected chi connectivity index (χ0v) is 40.0. The van der Waals surface area contributed by atoms with E-state index in [0.29, 0.717) is 17.5 Å². The highest BCUT2D eigenvalue weighted by atomic mass is 15.2. The van der Waals surface area contributed by atoms with Crippen molar-refractivity contribution in [3.63, 3.8) is 0 Å². The van der Waals surface area contributed by atoms with Gasteiger partial charge in [0, 0.05) is 67.9 Å². The number of rotatable bonds is 12. The van der Waals surface area contributed by atoms with Crippen LogP contribution in [0.2, 0.25) is 0 Å². The van der Waals surface area contributed by atoms with Gasteiger partial charge in [0.25, 0.3) is 0 Å². The third-order valence-electron chi connectivity index (χ3n) is 12.9. The summed E-state index contributed by atoms with van der Waals surface area (Å²) >= 11 is 0. The number of para-hydroxylation sites is 6. The maximum Gasteiger partial charge on any atom is 0.164 e. The summed E-state index contributed by atoms with van der Waals surface area (Å²) in [6.07, 6.45) is 0. The standard InChI is InChI=1S/C63H54N6/c1-43-19-7-13-25-55(43)67(56-26-14-8-20-44(56)2)52-37-31-49(32-38-52)61-64-62(50-33-39-53(40-34-50)68(57-27-15-9-21-45(57)3)58-28-16-10-22-46(58)4)66-63(65-61)51-35-41-54(42-36-51)69(59-29-17-11-23-47(59)5)60-30-18-12-24-48(60)6/h7-42H,1-6H3. The number of hydrogen-bond donors (Lipinski definition) is 0. The molecule has 0 atom stereocenters. The van der Waals surface area contributed by atoms with Crippen LogP contribution in [0.3, 0.4) is 0 Å². The van der Waals surface area contributed by atoms with E-state index in [1.807, 2.05) is 0 Å². The topological polar surface area (TPSA) is 48.4 Å². The predicted octanol–water partition coefficient (Wildman–Crippen LogP) is 17.1. The molecular weight excluding hydrogens is 841 g/mol. The second-order valence-electron chi connectivity index (χ2n) is 17.7. The van der Waals surface area contributed by atoms with E-state index >= 15 is 0 Å². The van der Waals surface area contributed by atoms with Crippen LogP contribution in [0.25, 0.3) is 34.2 Å². The van der Waals surface area contributed by atoms with E-state index in [0.717, 1.165) is 67.9 Å². The molecule has 1 heterocycles. The lowest BCUT2D eigenvalue weighted by atomic mass is 10.1. The molecular formula is C63H54N6. The molecule has 1 aromatic heterocycles. The fourth-order valence-corrected chi connectivity index (χ4v) is 9.15. The molecule has 0 aliphatic heterocycles. The summed E-state index contributed by atoms with van der Waals surface area (Å²) in [5.74, 6) is 1.78. The monoisotopic (exact) mass is 894 g/mol. The van der Waals surface area contributed by atoms with Gasteiger partial charge >= 0.3 is 0 Å². The molecule has 6 heteroatoms. The normalized spacial score (nSPS) is 11.0. The van der Waals surface area contributed by atoms with Gasteiger partial charge in [-0.05, 0) is 184 Å². The lowest BCUT2D eigenvalue weighted by Gasteiger charge is -2.28. The summed E-state index contributed by atoms with van der Waals surface area (Å²) in [6, 6.07) is 76.9. The van der Waals surface area contributed by atoms with Crippen molar-refractivity contribution in [3.05, 3.63) is 252 Å². The van der Waals surface area contributed by atoms with Gasteiger partial charge in [0.05, 0.1) is 0 Å². The van der Waals surface area contributed by atoms with Crippen LogP contribution in [0.4, 0.5) is 51.2 Å². The van der Waals surface area contributed by atoms with Gasteiger partial charge in [0.1, 0.15) is 0 Å². The van der Waals surface area contributed by atoms with Gasteiger partial charge in [-0.25, -0.2) is 15.0 Å². The minimum atomic E-state index is 0.593. The van der Waals surface area contributed by atoms with E-state index in [4.69, 9.17) is 15.0 Å². The van der Waals surface area contributed by atoms with Gasteiger partial charge in [-0.15, -0.1) is 0 Å². The highest BCUT2D eigenvalue weighted by Crippen LogP contribution is 2.42. The zero-order valence-electron chi connectivity index (χ0n) is 40.0. The molecule has 336 valence electrons. The molecule has 0 aliphatic rings. The fourth-order valence-electron chi connectivity index (χ4n) is 9.15. The predicted molar refractivity (Wildman–Crippen MR) is 289 cm³/mol. The molecule has 10 aromatic rings. The first kappa shape index (κ1) is 44.2. The summed E-state index contributed by atoms with van der Waals surface area (Å²) in [5, 5.41) is 0. The van der Waals surface area contributed by atoms with Gasteiger partial charge in [-0.3, -0.25) is 0 Å². The number of anilines is 9. The van der Waals surface area contributed by atoms with Gasteiger partial charge in [-0.2, -0.15) is 0 Å². The molecule has 0 saturated carbocycles. The van der Waals surface area contributed by atoms with Crippen LogP contribution in [0.15, 0.2) is 218 Å². The largest absolute Gasteiger partial charge is 0.310 e. The molecule has 0 spiro atoms. The minimum absolute atomic E-state index is 0.593. The summed E-state index contributed by atoms with van der Waals surface area (Å²) in [4.78, 5) is 22.7. The Morgan fingerprint density at radius 1 is 0.217 bits per heavy atom. The molecule has 0 aliphatic carbocycles. The van der Waals surface area contributed by atoms with Crippen molar-refractivity contribution in [3.8, 4) is 34.2 Å².